The van der Waals surface area contributed by atoms with Crippen molar-refractivity contribution in [2.24, 2.45) is 0 Å². The summed E-state index contributed by atoms with van der Waals surface area (Å²) in [4.78, 5) is 13.4. The summed E-state index contributed by atoms with van der Waals surface area (Å²) < 4.78 is 40.9. The Balaban J connectivity index is 1.50. The molecule has 0 saturated carbocycles. The van der Waals surface area contributed by atoms with Crippen molar-refractivity contribution >= 4 is 34.3 Å². The first-order valence-corrected chi connectivity index (χ1v) is 11.4. The van der Waals surface area contributed by atoms with Gasteiger partial charge in [-0.3, -0.25) is 4.79 Å². The number of rotatable bonds is 6. The smallest absolute Gasteiger partial charge is 0.342 e. The summed E-state index contributed by atoms with van der Waals surface area (Å²) in [6.07, 6.45) is -2.42. The molecule has 0 spiro atoms. The van der Waals surface area contributed by atoms with Crippen LogP contribution in [0.15, 0.2) is 77.8 Å². The van der Waals surface area contributed by atoms with Gasteiger partial charge in [0.15, 0.2) is 0 Å². The zero-order valence-corrected chi connectivity index (χ0v) is 19.1. The van der Waals surface area contributed by atoms with Crippen molar-refractivity contribution in [3.63, 3.8) is 0 Å². The number of thioether (sulfide) groups is 1. The summed E-state index contributed by atoms with van der Waals surface area (Å²) in [5, 5.41) is 3.61. The second-order valence-corrected chi connectivity index (χ2v) is 9.00. The molecule has 0 aliphatic carbocycles. The minimum Gasteiger partial charge on any atom is -0.342 e. The fourth-order valence-electron chi connectivity index (χ4n) is 3.73. The van der Waals surface area contributed by atoms with E-state index in [1.54, 1.807) is 0 Å². The van der Waals surface area contributed by atoms with Crippen LogP contribution in [0.4, 0.5) is 18.9 Å². The second-order valence-electron chi connectivity index (χ2n) is 7.98. The minimum absolute atomic E-state index is 0.0910. The molecule has 0 atom stereocenters. The minimum atomic E-state index is -4.45. The standard InChI is InChI=1S/C26H23F3N2OS/c1-17-10-11-18(2)19(12-17)14-31-15-24(22-8-3-4-9-23(22)31)33-16-25(32)30-21-7-5-6-20(13-21)26(27,28)29/h3-13,15H,14,16H2,1-2H3,(H,30,32). The van der Waals surface area contributed by atoms with E-state index in [2.05, 4.69) is 41.9 Å². The Labute approximate surface area is 194 Å². The molecule has 1 N–H and O–H groups in total. The monoisotopic (exact) mass is 468 g/mol. The van der Waals surface area contributed by atoms with E-state index in [0.29, 0.717) is 6.54 Å². The van der Waals surface area contributed by atoms with Gasteiger partial charge in [0.05, 0.1) is 11.3 Å². The molecule has 0 saturated heterocycles. The predicted molar refractivity (Wildman–Crippen MR) is 128 cm³/mol. The van der Waals surface area contributed by atoms with Crippen molar-refractivity contribution in [2.75, 3.05) is 11.1 Å². The number of aromatic nitrogens is 1. The molecule has 0 unspecified atom stereocenters. The highest BCUT2D eigenvalue weighted by Gasteiger charge is 2.30. The van der Waals surface area contributed by atoms with Crippen LogP contribution in [0.1, 0.15) is 22.3 Å². The molecule has 0 radical (unpaired) electrons. The highest BCUT2D eigenvalue weighted by atomic mass is 32.2. The Kier molecular flexibility index (Phi) is 6.51. The molecule has 4 rings (SSSR count). The lowest BCUT2D eigenvalue weighted by molar-refractivity contribution is -0.137. The van der Waals surface area contributed by atoms with Crippen molar-refractivity contribution in [3.8, 4) is 0 Å². The van der Waals surface area contributed by atoms with Crippen molar-refractivity contribution in [1.29, 1.82) is 0 Å². The fourth-order valence-corrected chi connectivity index (χ4v) is 4.62. The van der Waals surface area contributed by atoms with Gasteiger partial charge in [0, 0.05) is 34.2 Å². The lowest BCUT2D eigenvalue weighted by Gasteiger charge is -2.10. The Morgan fingerprint density at radius 3 is 2.58 bits per heavy atom. The molecule has 170 valence electrons. The predicted octanol–water partition coefficient (Wildman–Crippen LogP) is 7.06. The average molecular weight is 469 g/mol. The van der Waals surface area contributed by atoms with Crippen LogP contribution in [-0.4, -0.2) is 16.2 Å². The number of para-hydroxylation sites is 1. The topological polar surface area (TPSA) is 34.0 Å². The number of halogens is 3. The van der Waals surface area contributed by atoms with Gasteiger partial charge in [0.1, 0.15) is 0 Å². The summed E-state index contributed by atoms with van der Waals surface area (Å²) in [6.45, 7) is 4.88. The number of carbonyl (C=O) groups is 1. The van der Waals surface area contributed by atoms with E-state index in [4.69, 9.17) is 0 Å². The first-order valence-electron chi connectivity index (χ1n) is 10.4. The van der Waals surface area contributed by atoms with Crippen molar-refractivity contribution in [1.82, 2.24) is 4.57 Å². The molecule has 0 aliphatic heterocycles. The van der Waals surface area contributed by atoms with E-state index < -0.39 is 11.7 Å². The zero-order chi connectivity index (χ0) is 23.6. The third-order valence-corrected chi connectivity index (χ3v) is 6.47. The molecule has 7 heteroatoms. The van der Waals surface area contributed by atoms with Gasteiger partial charge < -0.3 is 9.88 Å². The van der Waals surface area contributed by atoms with Crippen LogP contribution in [0.2, 0.25) is 0 Å². The number of benzene rings is 3. The van der Waals surface area contributed by atoms with Crippen LogP contribution in [0.3, 0.4) is 0 Å². The van der Waals surface area contributed by atoms with Gasteiger partial charge >= 0.3 is 6.18 Å². The summed E-state index contributed by atoms with van der Waals surface area (Å²) in [5.41, 5.74) is 4.06. The Morgan fingerprint density at radius 2 is 1.79 bits per heavy atom. The molecule has 0 bridgehead atoms. The number of hydrogen-bond donors (Lipinski definition) is 1. The number of hydrogen-bond acceptors (Lipinski definition) is 2. The van der Waals surface area contributed by atoms with Gasteiger partial charge in [0.25, 0.3) is 0 Å². The van der Waals surface area contributed by atoms with Crippen LogP contribution >= 0.6 is 11.8 Å². The van der Waals surface area contributed by atoms with E-state index in [1.807, 2.05) is 30.5 Å². The number of carbonyl (C=O) groups excluding carboxylic acids is 1. The van der Waals surface area contributed by atoms with Gasteiger partial charge in [-0.2, -0.15) is 13.2 Å². The number of nitrogens with zero attached hydrogens (tertiary/aromatic N) is 1. The number of nitrogens with one attached hydrogen (secondary N) is 1. The van der Waals surface area contributed by atoms with Gasteiger partial charge in [-0.15, -0.1) is 11.8 Å². The lowest BCUT2D eigenvalue weighted by atomic mass is 10.1. The van der Waals surface area contributed by atoms with Crippen LogP contribution in [0.5, 0.6) is 0 Å². The Bertz CT molecular complexity index is 1310. The second kappa shape index (κ2) is 9.35. The highest BCUT2D eigenvalue weighted by Crippen LogP contribution is 2.32. The molecular formula is C26H23F3N2OS. The van der Waals surface area contributed by atoms with Crippen molar-refractivity contribution in [3.05, 3.63) is 95.2 Å². The molecule has 3 nitrogen and oxygen atoms in total. The fraction of sp³-hybridized carbons (Fsp3) is 0.192. The largest absolute Gasteiger partial charge is 0.416 e. The summed E-state index contributed by atoms with van der Waals surface area (Å²) in [6, 6.07) is 19.1. The van der Waals surface area contributed by atoms with Crippen LogP contribution in [-0.2, 0) is 17.5 Å². The highest BCUT2D eigenvalue weighted by molar-refractivity contribution is 8.00. The molecule has 1 aromatic heterocycles. The quantitative estimate of drug-likeness (QED) is 0.308. The third-order valence-electron chi connectivity index (χ3n) is 5.43. The van der Waals surface area contributed by atoms with E-state index >= 15 is 0 Å². The van der Waals surface area contributed by atoms with Crippen LogP contribution in [0.25, 0.3) is 10.9 Å². The molecule has 0 aliphatic rings. The van der Waals surface area contributed by atoms with Crippen molar-refractivity contribution < 1.29 is 18.0 Å². The summed E-state index contributed by atoms with van der Waals surface area (Å²) in [5.74, 6) is -0.265. The van der Waals surface area contributed by atoms with Gasteiger partial charge in [-0.25, -0.2) is 0 Å². The summed E-state index contributed by atoms with van der Waals surface area (Å²) in [7, 11) is 0. The van der Waals surface area contributed by atoms with Gasteiger partial charge in [-0.05, 0) is 49.2 Å². The molecule has 1 heterocycles. The molecule has 1 amide bonds. The van der Waals surface area contributed by atoms with E-state index in [-0.39, 0.29) is 17.3 Å². The van der Waals surface area contributed by atoms with E-state index in [0.717, 1.165) is 27.9 Å². The SMILES string of the molecule is Cc1ccc(C)c(Cn2cc(SCC(=O)Nc3cccc(C(F)(F)F)c3)c3ccccc32)c1. The lowest BCUT2D eigenvalue weighted by Crippen LogP contribution is -2.15. The normalized spacial score (nSPS) is 11.7. The van der Waals surface area contributed by atoms with E-state index in [9.17, 15) is 18.0 Å². The number of fused-ring (bicyclic) bond motifs is 1. The van der Waals surface area contributed by atoms with Gasteiger partial charge in [0.2, 0.25) is 5.91 Å². The van der Waals surface area contributed by atoms with E-state index in [1.165, 1.54) is 40.6 Å². The number of aryl methyl sites for hydroxylation is 2. The molecule has 0 fully saturated rings. The molecule has 4 aromatic rings. The maximum Gasteiger partial charge on any atom is 0.416 e. The summed E-state index contributed by atoms with van der Waals surface area (Å²) >= 11 is 1.37. The van der Waals surface area contributed by atoms with Crippen molar-refractivity contribution in [2.45, 2.75) is 31.5 Å². The third kappa shape index (κ3) is 5.42. The molecule has 33 heavy (non-hydrogen) atoms. The zero-order valence-electron chi connectivity index (χ0n) is 18.2. The van der Waals surface area contributed by atoms with Crippen LogP contribution in [0, 0.1) is 13.8 Å². The van der Waals surface area contributed by atoms with Crippen LogP contribution < -0.4 is 5.32 Å². The number of amides is 1. The maximum absolute atomic E-state index is 12.9. The molecular weight excluding hydrogens is 445 g/mol. The number of alkyl halides is 3. The number of anilines is 1. The maximum atomic E-state index is 12.9. The first-order chi connectivity index (χ1) is 15.7. The van der Waals surface area contributed by atoms with Gasteiger partial charge in [-0.1, -0.05) is 48.0 Å². The average Bonchev–Trinajstić information content (AvgIpc) is 3.12. The first kappa shape index (κ1) is 23.0. The Hall–Kier alpha value is -3.19. The molecule has 3 aromatic carbocycles. The Morgan fingerprint density at radius 1 is 1.00 bits per heavy atom.